The summed E-state index contributed by atoms with van der Waals surface area (Å²) in [5.74, 6) is -1.16. The largest absolute Gasteiger partial charge is 0.326 e. The molecule has 1 heterocycles. The minimum atomic E-state index is -0.998. The van der Waals surface area contributed by atoms with Gasteiger partial charge in [0.05, 0.1) is 17.8 Å². The van der Waals surface area contributed by atoms with Gasteiger partial charge in [-0.2, -0.15) is 0 Å². The summed E-state index contributed by atoms with van der Waals surface area (Å²) >= 11 is 5.98. The van der Waals surface area contributed by atoms with Crippen LogP contribution in [0.3, 0.4) is 0 Å². The number of halogens is 1. The second-order valence-corrected chi connectivity index (χ2v) is 7.77. The number of amides is 3. The van der Waals surface area contributed by atoms with Gasteiger partial charge in [-0.3, -0.25) is 19.3 Å². The number of rotatable bonds is 4. The van der Waals surface area contributed by atoms with Crippen molar-refractivity contribution in [2.75, 3.05) is 15.5 Å². The highest BCUT2D eigenvalue weighted by Gasteiger charge is 2.38. The summed E-state index contributed by atoms with van der Waals surface area (Å²) in [4.78, 5) is 40.5. The predicted molar refractivity (Wildman–Crippen MR) is 122 cm³/mol. The smallest absolute Gasteiger partial charge is 0.259 e. The normalized spacial score (nSPS) is 15.1. The Morgan fingerprint density at radius 1 is 1.03 bits per heavy atom. The van der Waals surface area contributed by atoms with Gasteiger partial charge >= 0.3 is 0 Å². The molecule has 0 spiro atoms. The minimum Gasteiger partial charge on any atom is -0.326 e. The van der Waals surface area contributed by atoms with E-state index < -0.39 is 17.9 Å². The summed E-state index contributed by atoms with van der Waals surface area (Å²) in [6.45, 7) is 1.89. The summed E-state index contributed by atoms with van der Waals surface area (Å²) < 4.78 is 0. The number of aryl methyl sites for hydroxylation is 1. The lowest BCUT2D eigenvalue weighted by atomic mass is 10.0. The topological polar surface area (TPSA) is 78.5 Å². The van der Waals surface area contributed by atoms with E-state index in [1.54, 1.807) is 66.7 Å². The van der Waals surface area contributed by atoms with Crippen LogP contribution in [-0.2, 0) is 9.59 Å². The third-order valence-electron chi connectivity index (χ3n) is 5.01. The van der Waals surface area contributed by atoms with Gasteiger partial charge in [0, 0.05) is 16.3 Å². The molecular weight excluding hydrogens is 414 g/mol. The molecule has 3 aromatic carbocycles. The van der Waals surface area contributed by atoms with E-state index in [-0.39, 0.29) is 12.3 Å². The van der Waals surface area contributed by atoms with Gasteiger partial charge in [0.1, 0.15) is 6.04 Å². The average molecular weight is 434 g/mol. The Labute approximate surface area is 184 Å². The molecule has 31 heavy (non-hydrogen) atoms. The first-order valence-corrected chi connectivity index (χ1v) is 10.2. The lowest BCUT2D eigenvalue weighted by molar-refractivity contribution is -0.122. The van der Waals surface area contributed by atoms with E-state index in [0.717, 1.165) is 5.56 Å². The van der Waals surface area contributed by atoms with Crippen molar-refractivity contribution in [1.29, 1.82) is 0 Å². The van der Waals surface area contributed by atoms with Gasteiger partial charge in [-0.25, -0.2) is 0 Å². The van der Waals surface area contributed by atoms with Gasteiger partial charge in [-0.15, -0.1) is 0 Å². The second-order valence-electron chi connectivity index (χ2n) is 7.33. The van der Waals surface area contributed by atoms with E-state index in [0.29, 0.717) is 27.6 Å². The fraction of sp³-hybridized carbons (Fsp3) is 0.125. The summed E-state index contributed by atoms with van der Waals surface area (Å²) in [5, 5.41) is 6.03. The van der Waals surface area contributed by atoms with Crippen molar-refractivity contribution in [3.63, 3.8) is 0 Å². The molecule has 0 saturated carbocycles. The van der Waals surface area contributed by atoms with Crippen LogP contribution in [0.15, 0.2) is 72.8 Å². The molecule has 0 aromatic heterocycles. The first-order chi connectivity index (χ1) is 14.9. The maximum atomic E-state index is 13.5. The molecule has 3 amide bonds. The van der Waals surface area contributed by atoms with Crippen LogP contribution in [0.2, 0.25) is 5.02 Å². The number of nitrogens with one attached hydrogen (secondary N) is 2. The fourth-order valence-corrected chi connectivity index (χ4v) is 3.79. The fourth-order valence-electron chi connectivity index (χ4n) is 3.60. The summed E-state index contributed by atoms with van der Waals surface area (Å²) in [5.41, 5.74) is 2.97. The molecule has 3 aromatic rings. The van der Waals surface area contributed by atoms with Crippen molar-refractivity contribution in [3.8, 4) is 0 Å². The molecule has 6 nitrogen and oxygen atoms in total. The first kappa shape index (κ1) is 20.6. The highest BCUT2D eigenvalue weighted by Crippen LogP contribution is 2.34. The third kappa shape index (κ3) is 4.44. The second kappa shape index (κ2) is 8.62. The van der Waals surface area contributed by atoms with E-state index in [2.05, 4.69) is 10.6 Å². The van der Waals surface area contributed by atoms with E-state index in [9.17, 15) is 14.4 Å². The average Bonchev–Trinajstić information content (AvgIpc) is 2.74. The van der Waals surface area contributed by atoms with Crippen molar-refractivity contribution in [2.45, 2.75) is 19.4 Å². The molecule has 1 atom stereocenters. The van der Waals surface area contributed by atoms with Crippen LogP contribution in [0, 0.1) is 6.92 Å². The Hall–Kier alpha value is -3.64. The zero-order chi connectivity index (χ0) is 22.0. The van der Waals surface area contributed by atoms with Crippen molar-refractivity contribution >= 4 is 46.4 Å². The monoisotopic (exact) mass is 433 g/mol. The number of hydrogen-bond acceptors (Lipinski definition) is 3. The van der Waals surface area contributed by atoms with Gasteiger partial charge in [0.2, 0.25) is 11.8 Å². The molecule has 7 heteroatoms. The third-order valence-corrected chi connectivity index (χ3v) is 5.24. The Morgan fingerprint density at radius 3 is 2.58 bits per heavy atom. The Kier molecular flexibility index (Phi) is 5.73. The van der Waals surface area contributed by atoms with Crippen LogP contribution in [0.1, 0.15) is 22.3 Å². The summed E-state index contributed by atoms with van der Waals surface area (Å²) in [7, 11) is 0. The quantitative estimate of drug-likeness (QED) is 0.628. The lowest BCUT2D eigenvalue weighted by Gasteiger charge is -2.36. The molecule has 2 N–H and O–H groups in total. The maximum Gasteiger partial charge on any atom is 0.259 e. The molecule has 156 valence electrons. The predicted octanol–water partition coefficient (Wildman–Crippen LogP) is 4.64. The molecule has 0 bridgehead atoms. The van der Waals surface area contributed by atoms with Gasteiger partial charge in [0.25, 0.3) is 5.91 Å². The van der Waals surface area contributed by atoms with E-state index in [1.807, 2.05) is 13.0 Å². The number of fused-ring (bicyclic) bond motifs is 1. The Morgan fingerprint density at radius 2 is 1.81 bits per heavy atom. The number of anilines is 3. The van der Waals surface area contributed by atoms with E-state index in [1.165, 1.54) is 4.90 Å². The number of carbonyl (C=O) groups is 3. The number of para-hydroxylation sites is 2. The summed E-state index contributed by atoms with van der Waals surface area (Å²) in [6.07, 6.45) is -0.204. The van der Waals surface area contributed by atoms with Crippen molar-refractivity contribution in [3.05, 3.63) is 88.9 Å². The van der Waals surface area contributed by atoms with Gasteiger partial charge in [-0.05, 0) is 49.4 Å². The van der Waals surface area contributed by atoms with Crippen LogP contribution < -0.4 is 15.5 Å². The van der Waals surface area contributed by atoms with Gasteiger partial charge < -0.3 is 10.6 Å². The SMILES string of the molecule is Cc1cccc(C(=O)N2c3ccccc3NC(=O)[C@@H]2CC(=O)Nc2cccc(Cl)c2)c1. The number of benzene rings is 3. The van der Waals surface area contributed by atoms with Gasteiger partial charge in [-0.1, -0.05) is 47.5 Å². The standard InChI is InChI=1S/C24H20ClN3O3/c1-15-6-4-7-16(12-15)24(31)28-20-11-3-2-10-19(20)27-23(30)21(28)14-22(29)26-18-9-5-8-17(25)13-18/h2-13,21H,14H2,1H3,(H,26,29)(H,27,30)/t21-/m0/s1. The lowest BCUT2D eigenvalue weighted by Crippen LogP contribution is -2.52. The van der Waals surface area contributed by atoms with E-state index >= 15 is 0 Å². The zero-order valence-corrected chi connectivity index (χ0v) is 17.5. The highest BCUT2D eigenvalue weighted by atomic mass is 35.5. The van der Waals surface area contributed by atoms with E-state index in [4.69, 9.17) is 11.6 Å². The molecular formula is C24H20ClN3O3. The molecule has 0 unspecified atom stereocenters. The Bertz CT molecular complexity index is 1180. The van der Waals surface area contributed by atoms with Crippen LogP contribution in [-0.4, -0.2) is 23.8 Å². The van der Waals surface area contributed by atoms with Crippen LogP contribution >= 0.6 is 11.6 Å². The van der Waals surface area contributed by atoms with Crippen LogP contribution in [0.5, 0.6) is 0 Å². The molecule has 1 aliphatic rings. The number of nitrogens with zero attached hydrogens (tertiary/aromatic N) is 1. The molecule has 0 fully saturated rings. The van der Waals surface area contributed by atoms with Crippen LogP contribution in [0.25, 0.3) is 0 Å². The van der Waals surface area contributed by atoms with Crippen molar-refractivity contribution in [1.82, 2.24) is 0 Å². The molecule has 1 aliphatic heterocycles. The van der Waals surface area contributed by atoms with Crippen molar-refractivity contribution in [2.24, 2.45) is 0 Å². The number of hydrogen-bond donors (Lipinski definition) is 2. The van der Waals surface area contributed by atoms with Crippen molar-refractivity contribution < 1.29 is 14.4 Å². The minimum absolute atomic E-state index is 0.204. The highest BCUT2D eigenvalue weighted by molar-refractivity contribution is 6.31. The van der Waals surface area contributed by atoms with Crippen LogP contribution in [0.4, 0.5) is 17.1 Å². The molecule has 0 radical (unpaired) electrons. The maximum absolute atomic E-state index is 13.5. The number of carbonyl (C=O) groups excluding carboxylic acids is 3. The zero-order valence-electron chi connectivity index (χ0n) is 16.8. The van der Waals surface area contributed by atoms with Gasteiger partial charge in [0.15, 0.2) is 0 Å². The summed E-state index contributed by atoms with van der Waals surface area (Å²) in [6, 6.07) is 19.9. The Balaban J connectivity index is 1.66. The molecule has 0 aliphatic carbocycles. The molecule has 0 saturated heterocycles. The molecule has 4 rings (SSSR count). The first-order valence-electron chi connectivity index (χ1n) is 9.78.